The second-order valence-electron chi connectivity index (χ2n) is 6.17. The summed E-state index contributed by atoms with van der Waals surface area (Å²) in [5.41, 5.74) is 0.921. The summed E-state index contributed by atoms with van der Waals surface area (Å²) in [5, 5.41) is 13.3. The Hall–Kier alpha value is -3.37. The van der Waals surface area contributed by atoms with Crippen LogP contribution in [0.15, 0.2) is 46.8 Å². The van der Waals surface area contributed by atoms with Gasteiger partial charge in [-0.25, -0.2) is 9.20 Å². The average Bonchev–Trinajstić information content (AvgIpc) is 3.40. The predicted octanol–water partition coefficient (Wildman–Crippen LogP) is 2.93. The number of nitrogens with zero attached hydrogens (tertiary/aromatic N) is 4. The number of nitrogens with one attached hydrogen (secondary N) is 1. The molecule has 0 atom stereocenters. The van der Waals surface area contributed by atoms with Gasteiger partial charge in [-0.15, -0.1) is 11.3 Å². The molecule has 0 spiro atoms. The van der Waals surface area contributed by atoms with E-state index in [1.165, 1.54) is 42.5 Å². The number of carbonyl (C=O) groups is 1. The lowest BCUT2D eigenvalue weighted by molar-refractivity contribution is -0.117. The van der Waals surface area contributed by atoms with Crippen LogP contribution in [0.4, 0.5) is 5.69 Å². The second-order valence-corrected chi connectivity index (χ2v) is 7.52. The third kappa shape index (κ3) is 3.74. The highest BCUT2D eigenvalue weighted by atomic mass is 35.5. The standard InChI is InChI=1S/C19H16ClN5O4S/c1-28-15-8-16(29-2)12(6-11(15)20)22-18(26)9-24-19(27)14-7-13(17-4-3-5-30-17)23-25(14)10-21-24/h3-8,10H,9H2,1-2H3,(H,22,26). The molecule has 1 aromatic carbocycles. The summed E-state index contributed by atoms with van der Waals surface area (Å²) in [4.78, 5) is 26.2. The second kappa shape index (κ2) is 8.17. The van der Waals surface area contributed by atoms with Gasteiger partial charge < -0.3 is 14.8 Å². The molecule has 11 heteroatoms. The van der Waals surface area contributed by atoms with Gasteiger partial charge in [0.15, 0.2) is 0 Å². The van der Waals surface area contributed by atoms with Crippen molar-refractivity contribution in [3.63, 3.8) is 0 Å². The Balaban J connectivity index is 1.58. The van der Waals surface area contributed by atoms with Crippen molar-refractivity contribution in [1.82, 2.24) is 19.4 Å². The number of amides is 1. The fraction of sp³-hybridized carbons (Fsp3) is 0.158. The summed E-state index contributed by atoms with van der Waals surface area (Å²) in [7, 11) is 2.94. The number of methoxy groups -OCH3 is 2. The number of carbonyl (C=O) groups excluding carboxylic acids is 1. The van der Waals surface area contributed by atoms with E-state index in [0.717, 1.165) is 9.56 Å². The molecule has 1 N–H and O–H groups in total. The third-order valence-electron chi connectivity index (χ3n) is 4.30. The zero-order chi connectivity index (χ0) is 21.3. The first-order chi connectivity index (χ1) is 14.5. The first kappa shape index (κ1) is 19.9. The molecular formula is C19H16ClN5O4S. The van der Waals surface area contributed by atoms with E-state index in [1.807, 2.05) is 17.5 Å². The lowest BCUT2D eigenvalue weighted by Crippen LogP contribution is -2.30. The molecule has 154 valence electrons. The minimum absolute atomic E-state index is 0.290. The van der Waals surface area contributed by atoms with Crippen LogP contribution in [0.25, 0.3) is 16.1 Å². The highest BCUT2D eigenvalue weighted by Gasteiger charge is 2.15. The number of rotatable bonds is 6. The summed E-state index contributed by atoms with van der Waals surface area (Å²) >= 11 is 7.65. The Morgan fingerprint density at radius 2 is 2.03 bits per heavy atom. The molecule has 0 saturated heterocycles. The van der Waals surface area contributed by atoms with E-state index in [1.54, 1.807) is 12.1 Å². The van der Waals surface area contributed by atoms with Crippen LogP contribution in [-0.4, -0.2) is 39.5 Å². The van der Waals surface area contributed by atoms with Crippen molar-refractivity contribution >= 4 is 40.0 Å². The molecule has 0 radical (unpaired) electrons. The average molecular weight is 446 g/mol. The molecule has 4 rings (SSSR count). The van der Waals surface area contributed by atoms with Gasteiger partial charge in [0.2, 0.25) is 5.91 Å². The molecule has 4 aromatic rings. The Kier molecular flexibility index (Phi) is 5.42. The highest BCUT2D eigenvalue weighted by Crippen LogP contribution is 2.35. The molecule has 0 fully saturated rings. The van der Waals surface area contributed by atoms with Gasteiger partial charge in [-0.1, -0.05) is 17.7 Å². The molecule has 0 saturated carbocycles. The lowest BCUT2D eigenvalue weighted by Gasteiger charge is -2.13. The quantitative estimate of drug-likeness (QED) is 0.490. The summed E-state index contributed by atoms with van der Waals surface area (Å²) in [6.45, 7) is -0.290. The molecule has 0 aliphatic heterocycles. The molecule has 0 unspecified atom stereocenters. The van der Waals surface area contributed by atoms with Gasteiger partial charge >= 0.3 is 0 Å². The van der Waals surface area contributed by atoms with Crippen LogP contribution in [0.3, 0.4) is 0 Å². The first-order valence-corrected chi connectivity index (χ1v) is 9.96. The smallest absolute Gasteiger partial charge is 0.293 e. The number of ether oxygens (including phenoxy) is 2. The molecule has 9 nitrogen and oxygen atoms in total. The van der Waals surface area contributed by atoms with Gasteiger partial charge in [0.25, 0.3) is 5.56 Å². The maximum Gasteiger partial charge on any atom is 0.293 e. The van der Waals surface area contributed by atoms with Gasteiger partial charge in [-0.3, -0.25) is 9.59 Å². The van der Waals surface area contributed by atoms with Crippen molar-refractivity contribution in [3.8, 4) is 22.1 Å². The zero-order valence-electron chi connectivity index (χ0n) is 16.0. The van der Waals surface area contributed by atoms with E-state index < -0.39 is 11.5 Å². The zero-order valence-corrected chi connectivity index (χ0v) is 17.5. The monoisotopic (exact) mass is 445 g/mol. The van der Waals surface area contributed by atoms with Crippen molar-refractivity contribution in [3.05, 3.63) is 57.4 Å². The van der Waals surface area contributed by atoms with E-state index >= 15 is 0 Å². The minimum Gasteiger partial charge on any atom is -0.495 e. The Morgan fingerprint density at radius 1 is 1.23 bits per heavy atom. The molecule has 1 amide bonds. The summed E-state index contributed by atoms with van der Waals surface area (Å²) in [6.07, 6.45) is 1.39. The fourth-order valence-corrected chi connectivity index (χ4v) is 3.80. The number of halogens is 1. The summed E-state index contributed by atoms with van der Waals surface area (Å²) < 4.78 is 12.9. The normalized spacial score (nSPS) is 10.9. The van der Waals surface area contributed by atoms with Crippen LogP contribution in [0.2, 0.25) is 5.02 Å². The molecule has 30 heavy (non-hydrogen) atoms. The van der Waals surface area contributed by atoms with Gasteiger partial charge in [0.05, 0.1) is 29.8 Å². The molecule has 0 bridgehead atoms. The van der Waals surface area contributed by atoms with Gasteiger partial charge in [0, 0.05) is 6.07 Å². The summed E-state index contributed by atoms with van der Waals surface area (Å²) in [5.74, 6) is 0.320. The Labute approximate surface area is 179 Å². The van der Waals surface area contributed by atoms with Crippen molar-refractivity contribution in [2.75, 3.05) is 19.5 Å². The number of aromatic nitrogens is 4. The summed E-state index contributed by atoms with van der Waals surface area (Å²) in [6, 6.07) is 8.58. The maximum atomic E-state index is 12.8. The van der Waals surface area contributed by atoms with Crippen LogP contribution in [-0.2, 0) is 11.3 Å². The molecule has 0 aliphatic rings. The minimum atomic E-state index is -0.466. The lowest BCUT2D eigenvalue weighted by atomic mass is 10.2. The largest absolute Gasteiger partial charge is 0.495 e. The Bertz CT molecular complexity index is 1280. The van der Waals surface area contributed by atoms with E-state index in [9.17, 15) is 9.59 Å². The fourth-order valence-electron chi connectivity index (χ4n) is 2.88. The van der Waals surface area contributed by atoms with Crippen molar-refractivity contribution in [2.45, 2.75) is 6.54 Å². The van der Waals surface area contributed by atoms with Crippen LogP contribution < -0.4 is 20.3 Å². The number of hydrogen-bond donors (Lipinski definition) is 1. The highest BCUT2D eigenvalue weighted by molar-refractivity contribution is 7.13. The van der Waals surface area contributed by atoms with Gasteiger partial charge in [-0.05, 0) is 23.6 Å². The van der Waals surface area contributed by atoms with Gasteiger partial charge in [0.1, 0.15) is 35.6 Å². The SMILES string of the molecule is COc1cc(OC)c(NC(=O)Cn2ncn3nc(-c4cccs4)cc3c2=O)cc1Cl. The topological polar surface area (TPSA) is 99.8 Å². The maximum absolute atomic E-state index is 12.8. The Morgan fingerprint density at radius 3 is 2.73 bits per heavy atom. The van der Waals surface area contributed by atoms with E-state index in [0.29, 0.717) is 33.4 Å². The van der Waals surface area contributed by atoms with Crippen molar-refractivity contribution < 1.29 is 14.3 Å². The third-order valence-corrected chi connectivity index (χ3v) is 5.49. The number of hydrogen-bond acceptors (Lipinski definition) is 7. The molecule has 3 heterocycles. The van der Waals surface area contributed by atoms with Crippen LogP contribution in [0, 0.1) is 0 Å². The molecular weight excluding hydrogens is 430 g/mol. The first-order valence-electron chi connectivity index (χ1n) is 8.71. The molecule has 0 aliphatic carbocycles. The van der Waals surface area contributed by atoms with Crippen molar-refractivity contribution in [2.24, 2.45) is 0 Å². The molecule has 3 aromatic heterocycles. The van der Waals surface area contributed by atoms with E-state index in [-0.39, 0.29) is 6.54 Å². The number of anilines is 1. The van der Waals surface area contributed by atoms with Crippen LogP contribution >= 0.6 is 22.9 Å². The number of fused-ring (bicyclic) bond motifs is 1. The van der Waals surface area contributed by atoms with Crippen molar-refractivity contribution in [1.29, 1.82) is 0 Å². The van der Waals surface area contributed by atoms with E-state index in [2.05, 4.69) is 15.5 Å². The number of benzene rings is 1. The van der Waals surface area contributed by atoms with Crippen LogP contribution in [0.1, 0.15) is 0 Å². The van der Waals surface area contributed by atoms with E-state index in [4.69, 9.17) is 21.1 Å². The number of thiophene rings is 1. The van der Waals surface area contributed by atoms with Crippen LogP contribution in [0.5, 0.6) is 11.5 Å². The van der Waals surface area contributed by atoms with Gasteiger partial charge in [-0.2, -0.15) is 10.2 Å². The predicted molar refractivity (Wildman–Crippen MR) is 114 cm³/mol.